The average Bonchev–Trinajstić information content (AvgIpc) is 2.38. The summed E-state index contributed by atoms with van der Waals surface area (Å²) in [5, 5.41) is 9.01. The van der Waals surface area contributed by atoms with E-state index >= 15 is 0 Å². The van der Waals surface area contributed by atoms with Crippen molar-refractivity contribution in [3.8, 4) is 0 Å². The van der Waals surface area contributed by atoms with E-state index < -0.39 is 10.0 Å². The second-order valence-electron chi connectivity index (χ2n) is 3.95. The van der Waals surface area contributed by atoms with Gasteiger partial charge in [-0.05, 0) is 40.5 Å². The Hall–Kier alpha value is -0.470. The Morgan fingerprint density at radius 1 is 1.42 bits per heavy atom. The third-order valence-corrected chi connectivity index (χ3v) is 5.46. The van der Waals surface area contributed by atoms with Crippen molar-refractivity contribution in [1.82, 2.24) is 4.31 Å². The van der Waals surface area contributed by atoms with Crippen molar-refractivity contribution in [1.29, 1.82) is 0 Å². The maximum absolute atomic E-state index is 12.3. The van der Waals surface area contributed by atoms with Crippen LogP contribution in [-0.4, -0.2) is 44.6 Å². The topological polar surface area (TPSA) is 66.8 Å². The van der Waals surface area contributed by atoms with Crippen molar-refractivity contribution in [2.45, 2.75) is 18.4 Å². The minimum atomic E-state index is -3.55. The van der Waals surface area contributed by atoms with E-state index in [1.807, 2.05) is 6.92 Å². The molecular weight excluding hydrogens is 334 g/mol. The first-order chi connectivity index (χ1) is 8.93. The van der Waals surface area contributed by atoms with Crippen LogP contribution in [0.2, 0.25) is 0 Å². The van der Waals surface area contributed by atoms with Crippen molar-refractivity contribution in [2.75, 3.05) is 26.8 Å². The lowest BCUT2D eigenvalue weighted by molar-refractivity contribution is 0.138. The van der Waals surface area contributed by atoms with Crippen LogP contribution in [0.3, 0.4) is 0 Å². The molecule has 0 bridgehead atoms. The molecule has 7 heteroatoms. The molecule has 0 saturated heterocycles. The summed E-state index contributed by atoms with van der Waals surface area (Å²) in [6, 6.07) is 4.68. The van der Waals surface area contributed by atoms with Gasteiger partial charge in [-0.25, -0.2) is 8.42 Å². The maximum atomic E-state index is 12.3. The molecule has 0 heterocycles. The molecule has 0 spiro atoms. The Kier molecular flexibility index (Phi) is 6.41. The minimum Gasteiger partial charge on any atom is -0.392 e. The molecule has 0 radical (unpaired) electrons. The summed E-state index contributed by atoms with van der Waals surface area (Å²) in [7, 11) is -2.04. The maximum Gasteiger partial charge on any atom is 0.244 e. The lowest BCUT2D eigenvalue weighted by Crippen LogP contribution is -2.30. The van der Waals surface area contributed by atoms with Gasteiger partial charge in [0.1, 0.15) is 0 Å². The standard InChI is InChI=1S/C12H18BrNO4S/c1-3-18-7-6-14(2)19(16,17)12-5-4-10(9-15)8-11(12)13/h4-5,8,15H,3,6-7,9H2,1-2H3. The van der Waals surface area contributed by atoms with Gasteiger partial charge in [0.15, 0.2) is 0 Å². The van der Waals surface area contributed by atoms with Crippen molar-refractivity contribution in [3.63, 3.8) is 0 Å². The number of hydrogen-bond acceptors (Lipinski definition) is 4. The third-order valence-electron chi connectivity index (χ3n) is 2.62. The molecule has 19 heavy (non-hydrogen) atoms. The summed E-state index contributed by atoms with van der Waals surface area (Å²) < 4.78 is 31.5. The van der Waals surface area contributed by atoms with Gasteiger partial charge in [0.2, 0.25) is 10.0 Å². The normalized spacial score (nSPS) is 12.1. The zero-order chi connectivity index (χ0) is 14.5. The first kappa shape index (κ1) is 16.6. The van der Waals surface area contributed by atoms with Crippen molar-refractivity contribution < 1.29 is 18.3 Å². The molecule has 0 aliphatic carbocycles. The summed E-state index contributed by atoms with van der Waals surface area (Å²) in [6.07, 6.45) is 0. The van der Waals surface area contributed by atoms with Gasteiger partial charge >= 0.3 is 0 Å². The van der Waals surface area contributed by atoms with E-state index in [2.05, 4.69) is 15.9 Å². The number of benzene rings is 1. The Morgan fingerprint density at radius 2 is 2.11 bits per heavy atom. The average molecular weight is 352 g/mol. The van der Waals surface area contributed by atoms with Crippen LogP contribution in [0.15, 0.2) is 27.6 Å². The van der Waals surface area contributed by atoms with E-state index in [9.17, 15) is 8.42 Å². The number of ether oxygens (including phenoxy) is 1. The van der Waals surface area contributed by atoms with Crippen LogP contribution in [0.4, 0.5) is 0 Å². The van der Waals surface area contributed by atoms with Gasteiger partial charge in [-0.3, -0.25) is 0 Å². The fraction of sp³-hybridized carbons (Fsp3) is 0.500. The first-order valence-corrected chi connectivity index (χ1v) is 8.10. The van der Waals surface area contributed by atoms with E-state index in [0.717, 1.165) is 0 Å². The largest absolute Gasteiger partial charge is 0.392 e. The Balaban J connectivity index is 2.93. The first-order valence-electron chi connectivity index (χ1n) is 5.86. The Bertz CT molecular complexity index is 518. The number of sulfonamides is 1. The highest BCUT2D eigenvalue weighted by Gasteiger charge is 2.23. The monoisotopic (exact) mass is 351 g/mol. The van der Waals surface area contributed by atoms with Gasteiger partial charge in [-0.15, -0.1) is 0 Å². The number of hydrogen-bond donors (Lipinski definition) is 1. The second-order valence-corrected chi connectivity index (χ2v) is 6.81. The molecule has 0 saturated carbocycles. The van der Waals surface area contributed by atoms with Crippen molar-refractivity contribution in [2.24, 2.45) is 0 Å². The number of aliphatic hydroxyl groups excluding tert-OH is 1. The molecule has 0 amide bonds. The fourth-order valence-electron chi connectivity index (χ4n) is 1.48. The van der Waals surface area contributed by atoms with Crippen molar-refractivity contribution in [3.05, 3.63) is 28.2 Å². The molecule has 1 aromatic carbocycles. The summed E-state index contributed by atoms with van der Waals surface area (Å²) in [5.74, 6) is 0. The summed E-state index contributed by atoms with van der Waals surface area (Å²) in [6.45, 7) is 2.95. The summed E-state index contributed by atoms with van der Waals surface area (Å²) in [5.41, 5.74) is 0.655. The fourth-order valence-corrected chi connectivity index (χ4v) is 3.71. The zero-order valence-corrected chi connectivity index (χ0v) is 13.4. The van der Waals surface area contributed by atoms with Crippen LogP contribution in [0.5, 0.6) is 0 Å². The smallest absolute Gasteiger partial charge is 0.244 e. The number of halogens is 1. The molecule has 0 fully saturated rings. The highest BCUT2D eigenvalue weighted by molar-refractivity contribution is 9.10. The molecular formula is C12H18BrNO4S. The number of rotatable bonds is 7. The lowest BCUT2D eigenvalue weighted by atomic mass is 10.2. The predicted octanol–water partition coefficient (Wildman–Crippen LogP) is 1.60. The van der Waals surface area contributed by atoms with Gasteiger partial charge in [0, 0.05) is 24.7 Å². The molecule has 108 valence electrons. The molecule has 0 unspecified atom stereocenters. The SMILES string of the molecule is CCOCCN(C)S(=O)(=O)c1ccc(CO)cc1Br. The van der Waals surface area contributed by atoms with Crippen LogP contribution in [0.25, 0.3) is 0 Å². The van der Waals surface area contributed by atoms with Crippen LogP contribution >= 0.6 is 15.9 Å². The van der Waals surface area contributed by atoms with E-state index in [1.165, 1.54) is 17.4 Å². The molecule has 1 N–H and O–H groups in total. The molecule has 5 nitrogen and oxygen atoms in total. The number of nitrogens with zero attached hydrogens (tertiary/aromatic N) is 1. The lowest BCUT2D eigenvalue weighted by Gasteiger charge is -2.18. The number of aliphatic hydroxyl groups is 1. The molecule has 0 aromatic heterocycles. The van der Waals surface area contributed by atoms with E-state index in [0.29, 0.717) is 29.8 Å². The van der Waals surface area contributed by atoms with E-state index in [1.54, 1.807) is 12.1 Å². The van der Waals surface area contributed by atoms with Gasteiger partial charge in [-0.2, -0.15) is 4.31 Å². The molecule has 1 aromatic rings. The predicted molar refractivity (Wildman–Crippen MR) is 76.4 cm³/mol. The van der Waals surface area contributed by atoms with Gasteiger partial charge in [-0.1, -0.05) is 6.07 Å². The Morgan fingerprint density at radius 3 is 2.63 bits per heavy atom. The van der Waals surface area contributed by atoms with Gasteiger partial charge in [0.05, 0.1) is 18.1 Å². The summed E-state index contributed by atoms with van der Waals surface area (Å²) in [4.78, 5) is 0.184. The quantitative estimate of drug-likeness (QED) is 0.757. The second kappa shape index (κ2) is 7.35. The summed E-state index contributed by atoms with van der Waals surface area (Å²) >= 11 is 3.23. The molecule has 0 aliphatic heterocycles. The zero-order valence-electron chi connectivity index (χ0n) is 11.0. The van der Waals surface area contributed by atoms with Gasteiger partial charge < -0.3 is 9.84 Å². The van der Waals surface area contributed by atoms with Crippen molar-refractivity contribution >= 4 is 26.0 Å². The molecule has 0 atom stereocenters. The number of likely N-dealkylation sites (N-methyl/N-ethyl adjacent to an activating group) is 1. The molecule has 0 aliphatic rings. The highest BCUT2D eigenvalue weighted by Crippen LogP contribution is 2.25. The van der Waals surface area contributed by atoms with Crippen LogP contribution < -0.4 is 0 Å². The van der Waals surface area contributed by atoms with E-state index in [-0.39, 0.29) is 11.5 Å². The Labute approximate surface area is 122 Å². The third kappa shape index (κ3) is 4.25. The minimum absolute atomic E-state index is 0.126. The van der Waals surface area contributed by atoms with E-state index in [4.69, 9.17) is 9.84 Å². The van der Waals surface area contributed by atoms with Gasteiger partial charge in [0.25, 0.3) is 0 Å². The van der Waals surface area contributed by atoms with Crippen LogP contribution in [0, 0.1) is 0 Å². The van der Waals surface area contributed by atoms with Crippen LogP contribution in [-0.2, 0) is 21.4 Å². The highest BCUT2D eigenvalue weighted by atomic mass is 79.9. The van der Waals surface area contributed by atoms with Crippen LogP contribution in [0.1, 0.15) is 12.5 Å². The molecule has 1 rings (SSSR count).